The minimum Gasteiger partial charge on any atom is -0.374 e. The zero-order chi connectivity index (χ0) is 13.0. The number of hydrogen-bond donors (Lipinski definition) is 0. The first kappa shape index (κ1) is 14.8. The highest BCUT2D eigenvalue weighted by Gasteiger charge is 2.27. The molecule has 2 heterocycles. The van der Waals surface area contributed by atoms with E-state index in [2.05, 4.69) is 39.6 Å². The molecule has 2 unspecified atom stereocenters. The average molecular weight is 319 g/mol. The molecule has 2 atom stereocenters. The van der Waals surface area contributed by atoms with E-state index in [0.29, 0.717) is 12.1 Å². The summed E-state index contributed by atoms with van der Waals surface area (Å²) in [6.07, 6.45) is 3.11. The largest absolute Gasteiger partial charge is 0.374 e. The number of nitrogens with zero attached hydrogens (tertiary/aromatic N) is 2. The summed E-state index contributed by atoms with van der Waals surface area (Å²) < 4.78 is 5.92. The van der Waals surface area contributed by atoms with Crippen molar-refractivity contribution in [2.24, 2.45) is 5.92 Å². The van der Waals surface area contributed by atoms with Gasteiger partial charge in [-0.2, -0.15) is 0 Å². The van der Waals surface area contributed by atoms with E-state index in [9.17, 15) is 0 Å². The van der Waals surface area contributed by atoms with Crippen molar-refractivity contribution in [1.82, 2.24) is 9.80 Å². The lowest BCUT2D eigenvalue weighted by molar-refractivity contribution is -0.0501. The Hall–Kier alpha value is 0.360. The molecule has 0 amide bonds. The molecule has 18 heavy (non-hydrogen) atoms. The quantitative estimate of drug-likeness (QED) is 0.723. The van der Waals surface area contributed by atoms with Crippen LogP contribution in [-0.4, -0.2) is 66.6 Å². The summed E-state index contributed by atoms with van der Waals surface area (Å²) in [4.78, 5) is 5.14. The van der Waals surface area contributed by atoms with Crippen LogP contribution in [0.4, 0.5) is 0 Å². The van der Waals surface area contributed by atoms with Crippen molar-refractivity contribution in [2.75, 3.05) is 44.7 Å². The molecule has 2 fully saturated rings. The van der Waals surface area contributed by atoms with E-state index in [1.807, 2.05) is 0 Å². The van der Waals surface area contributed by atoms with Gasteiger partial charge in [0.15, 0.2) is 0 Å². The molecule has 0 spiro atoms. The van der Waals surface area contributed by atoms with E-state index in [-0.39, 0.29) is 0 Å². The number of likely N-dealkylation sites (tertiary alicyclic amines) is 1. The Balaban J connectivity index is 1.73. The summed E-state index contributed by atoms with van der Waals surface area (Å²) in [6.45, 7) is 11.3. The molecule has 2 saturated heterocycles. The van der Waals surface area contributed by atoms with Gasteiger partial charge in [-0.15, -0.1) is 0 Å². The molecule has 3 nitrogen and oxygen atoms in total. The van der Waals surface area contributed by atoms with Crippen LogP contribution < -0.4 is 0 Å². The maximum absolute atomic E-state index is 5.92. The lowest BCUT2D eigenvalue weighted by Crippen LogP contribution is -2.49. The Morgan fingerprint density at radius 2 is 2.11 bits per heavy atom. The smallest absolute Gasteiger partial charge is 0.0829 e. The van der Waals surface area contributed by atoms with Gasteiger partial charge in [-0.05, 0) is 39.2 Å². The predicted molar refractivity (Wildman–Crippen MR) is 79.4 cm³/mol. The third-order valence-electron chi connectivity index (χ3n) is 4.25. The molecule has 0 aromatic heterocycles. The Morgan fingerprint density at radius 1 is 1.28 bits per heavy atom. The van der Waals surface area contributed by atoms with Crippen LogP contribution in [0.3, 0.4) is 0 Å². The number of alkyl halides is 1. The number of rotatable bonds is 5. The van der Waals surface area contributed by atoms with Crippen LogP contribution in [0.5, 0.6) is 0 Å². The second kappa shape index (κ2) is 7.22. The molecule has 0 aliphatic carbocycles. The Labute approximate surface area is 120 Å². The molecule has 4 heteroatoms. The Morgan fingerprint density at radius 3 is 2.83 bits per heavy atom. The average Bonchev–Trinajstić information content (AvgIpc) is 2.77. The second-order valence-electron chi connectivity index (χ2n) is 5.97. The third-order valence-corrected chi connectivity index (χ3v) is 4.71. The summed E-state index contributed by atoms with van der Waals surface area (Å²) in [7, 11) is 0. The van der Waals surface area contributed by atoms with E-state index >= 15 is 0 Å². The molecule has 0 bridgehead atoms. The first-order valence-corrected chi connectivity index (χ1v) is 8.45. The molecule has 0 N–H and O–H groups in total. The van der Waals surface area contributed by atoms with Crippen molar-refractivity contribution in [3.63, 3.8) is 0 Å². The third kappa shape index (κ3) is 4.19. The van der Waals surface area contributed by atoms with E-state index in [1.165, 1.54) is 25.9 Å². The van der Waals surface area contributed by atoms with E-state index in [0.717, 1.165) is 37.5 Å². The molecular formula is C14H27BrN2O. The van der Waals surface area contributed by atoms with Crippen LogP contribution in [-0.2, 0) is 4.74 Å². The van der Waals surface area contributed by atoms with Gasteiger partial charge in [-0.3, -0.25) is 4.90 Å². The molecule has 2 aliphatic heterocycles. The van der Waals surface area contributed by atoms with Gasteiger partial charge in [0.05, 0.1) is 12.7 Å². The minimum atomic E-state index is 0.420. The summed E-state index contributed by atoms with van der Waals surface area (Å²) >= 11 is 3.55. The molecule has 0 aromatic rings. The first-order valence-electron chi connectivity index (χ1n) is 7.33. The maximum Gasteiger partial charge on any atom is 0.0829 e. The number of morpholine rings is 1. The predicted octanol–water partition coefficient (Wildman–Crippen LogP) is 2.20. The maximum atomic E-state index is 5.92. The van der Waals surface area contributed by atoms with Gasteiger partial charge in [0.1, 0.15) is 0 Å². The van der Waals surface area contributed by atoms with Gasteiger partial charge < -0.3 is 9.64 Å². The van der Waals surface area contributed by atoms with Crippen molar-refractivity contribution in [3.05, 3.63) is 0 Å². The molecule has 2 aliphatic rings. The van der Waals surface area contributed by atoms with Crippen LogP contribution in [0.15, 0.2) is 0 Å². The number of hydrogen-bond acceptors (Lipinski definition) is 3. The standard InChI is InChI=1S/C14H27BrN2O/c1-12(2)17-7-8-18-14(11-17)10-16-6-4-13(9-16)3-5-15/h12-14H,3-11H2,1-2H3. The van der Waals surface area contributed by atoms with E-state index in [1.54, 1.807) is 0 Å². The molecule has 0 aromatic carbocycles. The highest BCUT2D eigenvalue weighted by molar-refractivity contribution is 9.09. The zero-order valence-corrected chi connectivity index (χ0v) is 13.4. The highest BCUT2D eigenvalue weighted by Crippen LogP contribution is 2.21. The summed E-state index contributed by atoms with van der Waals surface area (Å²) in [5.74, 6) is 0.897. The first-order chi connectivity index (χ1) is 8.69. The van der Waals surface area contributed by atoms with Crippen molar-refractivity contribution < 1.29 is 4.74 Å². The Bertz CT molecular complexity index is 250. The SMILES string of the molecule is CC(C)N1CCOC(CN2CCC(CCBr)C2)C1. The fourth-order valence-corrected chi connectivity index (χ4v) is 3.73. The van der Waals surface area contributed by atoms with Crippen LogP contribution in [0.25, 0.3) is 0 Å². The molecule has 0 saturated carbocycles. The van der Waals surface area contributed by atoms with Crippen LogP contribution in [0, 0.1) is 5.92 Å². The zero-order valence-electron chi connectivity index (χ0n) is 11.8. The van der Waals surface area contributed by atoms with Gasteiger partial charge in [0.2, 0.25) is 0 Å². The lowest BCUT2D eigenvalue weighted by atomic mass is 10.1. The monoisotopic (exact) mass is 318 g/mol. The van der Waals surface area contributed by atoms with Gasteiger partial charge >= 0.3 is 0 Å². The topological polar surface area (TPSA) is 15.7 Å². The number of halogens is 1. The summed E-state index contributed by atoms with van der Waals surface area (Å²) in [5.41, 5.74) is 0. The van der Waals surface area contributed by atoms with Crippen LogP contribution in [0.2, 0.25) is 0 Å². The molecule has 106 valence electrons. The van der Waals surface area contributed by atoms with E-state index in [4.69, 9.17) is 4.74 Å². The summed E-state index contributed by atoms with van der Waals surface area (Å²) in [5, 5.41) is 1.15. The minimum absolute atomic E-state index is 0.420. The molecular weight excluding hydrogens is 292 g/mol. The van der Waals surface area contributed by atoms with Gasteiger partial charge in [0.25, 0.3) is 0 Å². The summed E-state index contributed by atoms with van der Waals surface area (Å²) in [6, 6.07) is 0.649. The van der Waals surface area contributed by atoms with Crippen molar-refractivity contribution in [2.45, 2.75) is 38.8 Å². The number of ether oxygens (including phenoxy) is 1. The van der Waals surface area contributed by atoms with Crippen LogP contribution >= 0.6 is 15.9 Å². The molecule has 0 radical (unpaired) electrons. The van der Waals surface area contributed by atoms with Crippen LogP contribution in [0.1, 0.15) is 26.7 Å². The van der Waals surface area contributed by atoms with Crippen molar-refractivity contribution in [1.29, 1.82) is 0 Å². The van der Waals surface area contributed by atoms with Gasteiger partial charge in [-0.25, -0.2) is 0 Å². The Kier molecular flexibility index (Phi) is 5.93. The highest BCUT2D eigenvalue weighted by atomic mass is 79.9. The second-order valence-corrected chi connectivity index (χ2v) is 6.77. The van der Waals surface area contributed by atoms with Gasteiger partial charge in [-0.1, -0.05) is 15.9 Å². The molecule has 2 rings (SSSR count). The van der Waals surface area contributed by atoms with E-state index < -0.39 is 0 Å². The fraction of sp³-hybridized carbons (Fsp3) is 1.00. The fourth-order valence-electron chi connectivity index (χ4n) is 3.08. The van der Waals surface area contributed by atoms with Crippen molar-refractivity contribution in [3.8, 4) is 0 Å². The normalized spacial score (nSPS) is 31.3. The van der Waals surface area contributed by atoms with Crippen molar-refractivity contribution >= 4 is 15.9 Å². The van der Waals surface area contributed by atoms with Gasteiger partial charge in [0, 0.05) is 37.6 Å². The lowest BCUT2D eigenvalue weighted by Gasteiger charge is -2.37.